The van der Waals surface area contributed by atoms with Crippen LogP contribution in [0.15, 0.2) is 60.4 Å². The molecular formula is C95H145N5O15. The van der Waals surface area contributed by atoms with E-state index in [-0.39, 0.29) is 183 Å². The Hall–Kier alpha value is -6.30. The highest BCUT2D eigenvalue weighted by Gasteiger charge is 2.45. The fraction of sp³-hybridized carbons (Fsp3) is 0.684. The topological polar surface area (TPSA) is 210 Å². The first-order valence-corrected chi connectivity index (χ1v) is 39.4. The summed E-state index contributed by atoms with van der Waals surface area (Å²) < 4.78 is 397. The molecule has 10 heterocycles. The highest BCUT2D eigenvalue weighted by atomic mass is 16.5. The van der Waals surface area contributed by atoms with Crippen LogP contribution >= 0.6 is 0 Å². The predicted molar refractivity (Wildman–Crippen MR) is 456 cm³/mol. The summed E-state index contributed by atoms with van der Waals surface area (Å²) in [5.74, 6) is -14.3. The Morgan fingerprint density at radius 1 is 0.322 bits per heavy atom. The fourth-order valence-electron chi connectivity index (χ4n) is 18.0. The van der Waals surface area contributed by atoms with Gasteiger partial charge in [0.05, 0.1) is 127 Å². The third-order valence-corrected chi connectivity index (χ3v) is 23.4. The molecule has 0 bridgehead atoms. The molecule has 0 aliphatic carbocycles. The Morgan fingerprint density at radius 2 is 0.513 bits per heavy atom. The van der Waals surface area contributed by atoms with E-state index in [1.54, 1.807) is 9.80 Å². The molecule has 20 nitrogen and oxygen atoms in total. The number of aliphatic hydroxyl groups excluding tert-OH is 5. The molecule has 0 saturated carbocycles. The molecule has 20 heteroatoms. The van der Waals surface area contributed by atoms with Gasteiger partial charge in [-0.3, -0.25) is 24.5 Å². The first kappa shape index (κ1) is 48.2. The van der Waals surface area contributed by atoms with Crippen molar-refractivity contribution in [3.05, 3.63) is 116 Å². The van der Waals surface area contributed by atoms with Crippen molar-refractivity contribution in [1.29, 1.82) is 0 Å². The molecule has 5 aromatic rings. The molecule has 115 heavy (non-hydrogen) atoms. The van der Waals surface area contributed by atoms with Gasteiger partial charge in [-0.05, 0) is 271 Å². The minimum absolute atomic E-state index is 0.0117. The SMILES string of the molecule is [2H]c1c2c(c([2H])c(OC([2H])([2H])[2H])c1OC)C1CC(O)C(C([2H])([2H])C([2H])(C)C([2H])([2H])[2H])CN1CC2.[2H]c1c2c(c([2H])c(OC([2H])([2H])[2H])c1OC)C1CC(O)C(C([2H])([2H])C([2H])(C)C([2H])([2H])[2H])CN1CC2.[2H]c1c2c(c([2H])c(OC([2H])([2H])[2H])c1OC)C1CC(O)C(CC(C)C)CN1CC2.[2H]c1c2c(c([2H])c(OC)c1OC)C1CC(O)C(C([2H])([2H])C([2H])(C)C([2H])([2H])[2H])CN1CC2.[2H]c1c2c(c([2H])c(OC)c1OC)C1CC(O)C(C([2H])([2H])C([2H])(C)C([2H])([2H])[2H])CN1CC2. The van der Waals surface area contributed by atoms with Crippen LogP contribution in [0.4, 0.5) is 0 Å². The smallest absolute Gasteiger partial charge is 0.161 e. The standard InChI is InChI=1S/5C19H29NO3/c5*1-12(2)7-14-11-20-6-5-13-8-18(22-3)19(23-4)9-15(13)16(20)10-17(14)21/h5*8-9,12,14,16-17,21H,5-7,10-11H2,1-4H3/i2*1D3,4D3,7D2,8D,9D,12D;2*1D3,7D2,8D,9D,12D;4D3,8D,9D. The normalized spacial score (nSPS) is 36.2. The number of hydrogen-bond donors (Lipinski definition) is 5. The van der Waals surface area contributed by atoms with Gasteiger partial charge < -0.3 is 72.9 Å². The molecule has 640 valence electrons. The molecule has 0 radical (unpaired) electrons. The van der Waals surface area contributed by atoms with Crippen LogP contribution < -0.4 is 47.4 Å². The number of benzene rings is 5. The lowest BCUT2D eigenvalue weighted by atomic mass is 9.79. The molecule has 0 aromatic heterocycles. The number of piperidine rings is 5. The zero-order valence-corrected chi connectivity index (χ0v) is 68.1. The van der Waals surface area contributed by atoms with Crippen molar-refractivity contribution in [1.82, 2.24) is 24.5 Å². The summed E-state index contributed by atoms with van der Waals surface area (Å²) in [5.41, 5.74) is 5.21. The second kappa shape index (κ2) is 40.6. The predicted octanol–water partition coefficient (Wildman–Crippen LogP) is 15.1. The van der Waals surface area contributed by atoms with Crippen molar-refractivity contribution in [2.75, 3.05) is 136 Å². The summed E-state index contributed by atoms with van der Waals surface area (Å²) in [6.45, 7) is -0.152. The average molecular weight is 1640 g/mol. The lowest BCUT2D eigenvalue weighted by Crippen LogP contribution is -2.48. The lowest BCUT2D eigenvalue weighted by Gasteiger charge is -2.46. The molecule has 0 amide bonds. The molecule has 5 N–H and O–H groups in total. The van der Waals surface area contributed by atoms with Gasteiger partial charge in [0.15, 0.2) is 57.5 Å². The van der Waals surface area contributed by atoms with E-state index < -0.39 is 187 Å². The Morgan fingerprint density at radius 3 is 0.704 bits per heavy atom. The largest absolute Gasteiger partial charge is 0.493 e. The number of hydrogen-bond acceptors (Lipinski definition) is 20. The zero-order chi connectivity index (χ0) is 120. The lowest BCUT2D eigenvalue weighted by molar-refractivity contribution is -0.0192. The highest BCUT2D eigenvalue weighted by Crippen LogP contribution is 2.50. The molecule has 0 spiro atoms. The quantitative estimate of drug-likeness (QED) is 0.0491. The van der Waals surface area contributed by atoms with Crippen LogP contribution in [0.25, 0.3) is 0 Å². The van der Waals surface area contributed by atoms with Gasteiger partial charge in [-0.1, -0.05) is 68.9 Å². The van der Waals surface area contributed by atoms with Crippen molar-refractivity contribution >= 4 is 0 Å². The Balaban J connectivity index is 0.000000186. The van der Waals surface area contributed by atoms with Gasteiger partial charge in [-0.15, -0.1) is 0 Å². The minimum atomic E-state index is -2.92. The minimum Gasteiger partial charge on any atom is -0.493 e. The van der Waals surface area contributed by atoms with Crippen molar-refractivity contribution in [2.45, 2.75) is 226 Å². The van der Waals surface area contributed by atoms with Crippen LogP contribution in [0.1, 0.15) is 278 Å². The molecule has 5 aromatic carbocycles. The van der Waals surface area contributed by atoms with Gasteiger partial charge in [0.1, 0.15) is 0 Å². The van der Waals surface area contributed by atoms with E-state index in [9.17, 15) is 25.5 Å². The van der Waals surface area contributed by atoms with Gasteiger partial charge >= 0.3 is 0 Å². The van der Waals surface area contributed by atoms with Crippen LogP contribution in [0.5, 0.6) is 57.5 Å². The van der Waals surface area contributed by atoms with Crippen molar-refractivity contribution in [3.63, 3.8) is 0 Å². The molecule has 5 saturated heterocycles. The number of fused-ring (bicyclic) bond motifs is 15. The Bertz CT molecular complexity index is 5690. The molecular weight excluding hydrogens is 1450 g/mol. The van der Waals surface area contributed by atoms with Gasteiger partial charge in [-0.2, -0.15) is 0 Å². The highest BCUT2D eigenvalue weighted by molar-refractivity contribution is 5.54. The number of nitrogens with zero attached hydrogens (tertiary/aromatic N) is 5. The Labute approximate surface area is 750 Å². The van der Waals surface area contributed by atoms with Crippen molar-refractivity contribution < 1.29 is 132 Å². The molecule has 19 atom stereocenters. The average Bonchev–Trinajstić information content (AvgIpc) is 0.724. The Kier molecular flexibility index (Phi) is 17.0. The second-order valence-corrected chi connectivity index (χ2v) is 31.4. The van der Waals surface area contributed by atoms with E-state index in [2.05, 4.69) is 18.7 Å². The van der Waals surface area contributed by atoms with E-state index in [1.807, 2.05) is 9.80 Å². The van der Waals surface area contributed by atoms with Gasteiger partial charge in [-0.25, -0.2) is 0 Å². The maximum Gasteiger partial charge on any atom is 0.161 e. The third kappa shape index (κ3) is 21.1. The summed E-state index contributed by atoms with van der Waals surface area (Å²) in [5, 5.41) is 54.3. The summed E-state index contributed by atoms with van der Waals surface area (Å²) in [7, 11) is 0.944. The van der Waals surface area contributed by atoms with Crippen LogP contribution in [0, 0.1) is 59.1 Å². The molecule has 10 aliphatic rings. The van der Waals surface area contributed by atoms with E-state index in [1.165, 1.54) is 49.8 Å². The number of rotatable bonds is 20. The fourth-order valence-corrected chi connectivity index (χ4v) is 18.0. The first-order chi connectivity index (χ1) is 72.1. The van der Waals surface area contributed by atoms with Crippen molar-refractivity contribution in [3.8, 4) is 57.5 Å². The van der Waals surface area contributed by atoms with E-state index in [0.717, 1.165) is 47.2 Å². The summed E-state index contributed by atoms with van der Waals surface area (Å²) in [6.07, 6.45) is -12.3. The number of ether oxygens (including phenoxy) is 10. The number of aliphatic hydroxyl groups is 5. The summed E-state index contributed by atoms with van der Waals surface area (Å²) in [6, 6.07) is -2.73. The van der Waals surface area contributed by atoms with Crippen LogP contribution in [-0.4, -0.2) is 217 Å². The summed E-state index contributed by atoms with van der Waals surface area (Å²) >= 11 is 0. The number of methoxy groups -OCH3 is 10. The monoisotopic (exact) mass is 1640 g/mol. The molecule has 10 aliphatic heterocycles. The maximum absolute atomic E-state index is 10.9. The maximum atomic E-state index is 10.9. The van der Waals surface area contributed by atoms with E-state index in [4.69, 9.17) is 106 Å². The first-order valence-electron chi connectivity index (χ1n) is 60.9. The van der Waals surface area contributed by atoms with Gasteiger partial charge in [0, 0.05) is 129 Å². The molecule has 5 fully saturated rings. The van der Waals surface area contributed by atoms with Crippen LogP contribution in [0.2, 0.25) is 0 Å². The van der Waals surface area contributed by atoms with Gasteiger partial charge in [0.2, 0.25) is 0 Å². The van der Waals surface area contributed by atoms with Crippen LogP contribution in [-0.2, 0) is 32.1 Å². The molecule has 19 unspecified atom stereocenters. The van der Waals surface area contributed by atoms with Gasteiger partial charge in [0.25, 0.3) is 0 Å². The van der Waals surface area contributed by atoms with Crippen LogP contribution in [0.3, 0.4) is 0 Å². The second-order valence-electron chi connectivity index (χ2n) is 31.4. The summed E-state index contributed by atoms with van der Waals surface area (Å²) in [4.78, 5) is 9.66. The van der Waals surface area contributed by atoms with Crippen molar-refractivity contribution in [2.24, 2.45) is 59.1 Å². The zero-order valence-electron chi connectivity index (χ0n) is 111. The third-order valence-electron chi connectivity index (χ3n) is 23.4. The van der Waals surface area contributed by atoms with E-state index in [0.29, 0.717) is 113 Å². The molecule has 15 rings (SSSR count). The van der Waals surface area contributed by atoms with E-state index >= 15 is 0 Å².